The van der Waals surface area contributed by atoms with Crippen molar-refractivity contribution in [1.29, 1.82) is 0 Å². The standard InChI is InChI=1S/C11H18O/c1-8(2)6-10-7-11(12)5-4-9(10)3/h9-10H,1,4-7H2,2-3H3. The van der Waals surface area contributed by atoms with E-state index in [9.17, 15) is 4.79 Å². The molecule has 0 amide bonds. The van der Waals surface area contributed by atoms with Crippen LogP contribution in [0.4, 0.5) is 0 Å². The van der Waals surface area contributed by atoms with E-state index in [4.69, 9.17) is 0 Å². The highest BCUT2D eigenvalue weighted by Crippen LogP contribution is 2.31. The van der Waals surface area contributed by atoms with Crippen LogP contribution < -0.4 is 0 Å². The summed E-state index contributed by atoms with van der Waals surface area (Å²) in [5, 5.41) is 0. The van der Waals surface area contributed by atoms with Gasteiger partial charge in [0.1, 0.15) is 5.78 Å². The summed E-state index contributed by atoms with van der Waals surface area (Å²) in [5.74, 6) is 1.72. The average molecular weight is 166 g/mol. The number of carbonyl (C=O) groups excluding carboxylic acids is 1. The average Bonchev–Trinajstić information content (AvgIpc) is 1.96. The minimum Gasteiger partial charge on any atom is -0.300 e. The molecule has 2 atom stereocenters. The molecule has 1 rings (SSSR count). The van der Waals surface area contributed by atoms with E-state index in [1.165, 1.54) is 5.57 Å². The van der Waals surface area contributed by atoms with Crippen LogP contribution in [0.2, 0.25) is 0 Å². The van der Waals surface area contributed by atoms with Gasteiger partial charge in [0, 0.05) is 12.8 Å². The van der Waals surface area contributed by atoms with Crippen LogP contribution in [0.5, 0.6) is 0 Å². The lowest BCUT2D eigenvalue weighted by Crippen LogP contribution is -2.22. The van der Waals surface area contributed by atoms with Gasteiger partial charge in [-0.05, 0) is 31.6 Å². The van der Waals surface area contributed by atoms with Gasteiger partial charge in [0.2, 0.25) is 0 Å². The van der Waals surface area contributed by atoms with Crippen LogP contribution in [0.15, 0.2) is 12.2 Å². The zero-order chi connectivity index (χ0) is 9.14. The number of hydrogen-bond acceptors (Lipinski definition) is 1. The van der Waals surface area contributed by atoms with Crippen molar-refractivity contribution in [3.63, 3.8) is 0 Å². The SMILES string of the molecule is C=C(C)CC1CC(=O)CCC1C. The number of hydrogen-bond donors (Lipinski definition) is 0. The van der Waals surface area contributed by atoms with Gasteiger partial charge in [0.15, 0.2) is 0 Å². The summed E-state index contributed by atoms with van der Waals surface area (Å²) in [4.78, 5) is 11.2. The predicted octanol–water partition coefficient (Wildman–Crippen LogP) is 2.96. The fourth-order valence-electron chi connectivity index (χ4n) is 1.94. The van der Waals surface area contributed by atoms with Crippen molar-refractivity contribution >= 4 is 5.78 Å². The molecule has 0 saturated heterocycles. The van der Waals surface area contributed by atoms with Crippen LogP contribution in [0.25, 0.3) is 0 Å². The number of rotatable bonds is 2. The summed E-state index contributed by atoms with van der Waals surface area (Å²) in [7, 11) is 0. The lowest BCUT2D eigenvalue weighted by Gasteiger charge is -2.27. The molecule has 0 bridgehead atoms. The molecule has 0 N–H and O–H groups in total. The molecule has 12 heavy (non-hydrogen) atoms. The maximum absolute atomic E-state index is 11.2. The van der Waals surface area contributed by atoms with Gasteiger partial charge in [-0.15, -0.1) is 6.58 Å². The molecule has 1 nitrogen and oxygen atoms in total. The number of Topliss-reactive ketones (excluding diaryl/α,β-unsaturated/α-hetero) is 1. The number of allylic oxidation sites excluding steroid dienone is 1. The first-order valence-corrected chi connectivity index (χ1v) is 4.75. The highest BCUT2D eigenvalue weighted by atomic mass is 16.1. The Kier molecular flexibility index (Phi) is 3.07. The van der Waals surface area contributed by atoms with Gasteiger partial charge in [0.25, 0.3) is 0 Å². The molecule has 0 heterocycles. The van der Waals surface area contributed by atoms with Crippen molar-refractivity contribution in [3.8, 4) is 0 Å². The molecule has 0 aliphatic heterocycles. The van der Waals surface area contributed by atoms with Crippen molar-refractivity contribution in [2.45, 2.75) is 39.5 Å². The molecule has 0 aromatic rings. The van der Waals surface area contributed by atoms with Crippen molar-refractivity contribution in [2.24, 2.45) is 11.8 Å². The van der Waals surface area contributed by atoms with Gasteiger partial charge in [-0.1, -0.05) is 12.5 Å². The Hall–Kier alpha value is -0.590. The summed E-state index contributed by atoms with van der Waals surface area (Å²) < 4.78 is 0. The number of carbonyl (C=O) groups is 1. The van der Waals surface area contributed by atoms with Crippen LogP contribution in [0.1, 0.15) is 39.5 Å². The summed E-state index contributed by atoms with van der Waals surface area (Å²) in [5.41, 5.74) is 1.21. The third-order valence-electron chi connectivity index (χ3n) is 2.78. The third kappa shape index (κ3) is 2.47. The van der Waals surface area contributed by atoms with Gasteiger partial charge in [-0.3, -0.25) is 4.79 Å². The first kappa shape index (κ1) is 9.50. The Balaban J connectivity index is 2.49. The van der Waals surface area contributed by atoms with E-state index < -0.39 is 0 Å². The third-order valence-corrected chi connectivity index (χ3v) is 2.78. The van der Waals surface area contributed by atoms with Gasteiger partial charge < -0.3 is 0 Å². The van der Waals surface area contributed by atoms with Crippen molar-refractivity contribution < 1.29 is 4.79 Å². The highest BCUT2D eigenvalue weighted by molar-refractivity contribution is 5.79. The molecule has 1 heteroatoms. The Morgan fingerprint density at radius 1 is 1.67 bits per heavy atom. The fraction of sp³-hybridized carbons (Fsp3) is 0.727. The second-order valence-electron chi connectivity index (χ2n) is 4.18. The van der Waals surface area contributed by atoms with E-state index in [2.05, 4.69) is 13.5 Å². The monoisotopic (exact) mass is 166 g/mol. The van der Waals surface area contributed by atoms with Crippen LogP contribution in [0, 0.1) is 11.8 Å². The van der Waals surface area contributed by atoms with Crippen LogP contribution in [-0.2, 0) is 4.79 Å². The van der Waals surface area contributed by atoms with Gasteiger partial charge >= 0.3 is 0 Å². The second kappa shape index (κ2) is 3.88. The molecule has 1 aliphatic rings. The van der Waals surface area contributed by atoms with E-state index in [1.54, 1.807) is 0 Å². The lowest BCUT2D eigenvalue weighted by molar-refractivity contribution is -0.122. The summed E-state index contributed by atoms with van der Waals surface area (Å²) >= 11 is 0. The summed E-state index contributed by atoms with van der Waals surface area (Å²) in [6, 6.07) is 0. The summed E-state index contributed by atoms with van der Waals surface area (Å²) in [6.45, 7) is 8.19. The smallest absolute Gasteiger partial charge is 0.133 e. The largest absolute Gasteiger partial charge is 0.300 e. The van der Waals surface area contributed by atoms with Crippen LogP contribution in [-0.4, -0.2) is 5.78 Å². The van der Waals surface area contributed by atoms with Crippen molar-refractivity contribution in [3.05, 3.63) is 12.2 Å². The molecule has 0 spiro atoms. The Labute approximate surface area is 74.9 Å². The maximum Gasteiger partial charge on any atom is 0.133 e. The van der Waals surface area contributed by atoms with E-state index in [1.807, 2.05) is 6.92 Å². The topological polar surface area (TPSA) is 17.1 Å². The molecule has 1 aliphatic carbocycles. The van der Waals surface area contributed by atoms with Crippen LogP contribution in [0.3, 0.4) is 0 Å². The normalized spacial score (nSPS) is 30.3. The minimum absolute atomic E-state index is 0.444. The highest BCUT2D eigenvalue weighted by Gasteiger charge is 2.25. The Bertz CT molecular complexity index is 191. The van der Waals surface area contributed by atoms with E-state index in [0.29, 0.717) is 17.6 Å². The molecule has 0 radical (unpaired) electrons. The first-order valence-electron chi connectivity index (χ1n) is 4.75. The van der Waals surface area contributed by atoms with E-state index in [0.717, 1.165) is 25.7 Å². The second-order valence-corrected chi connectivity index (χ2v) is 4.18. The van der Waals surface area contributed by atoms with Gasteiger partial charge in [-0.2, -0.15) is 0 Å². The minimum atomic E-state index is 0.444. The fourth-order valence-corrected chi connectivity index (χ4v) is 1.94. The van der Waals surface area contributed by atoms with Gasteiger partial charge in [-0.25, -0.2) is 0 Å². The van der Waals surface area contributed by atoms with E-state index in [-0.39, 0.29) is 0 Å². The Morgan fingerprint density at radius 2 is 2.33 bits per heavy atom. The Morgan fingerprint density at radius 3 is 2.92 bits per heavy atom. The molecule has 68 valence electrons. The first-order chi connectivity index (χ1) is 5.59. The maximum atomic E-state index is 11.2. The number of ketones is 1. The van der Waals surface area contributed by atoms with Crippen molar-refractivity contribution in [2.75, 3.05) is 0 Å². The van der Waals surface area contributed by atoms with Crippen LogP contribution >= 0.6 is 0 Å². The zero-order valence-electron chi connectivity index (χ0n) is 8.10. The zero-order valence-corrected chi connectivity index (χ0v) is 8.10. The quantitative estimate of drug-likeness (QED) is 0.576. The molecule has 0 aromatic carbocycles. The molecular formula is C11H18O. The molecule has 1 fully saturated rings. The molecule has 1 saturated carbocycles. The van der Waals surface area contributed by atoms with E-state index >= 15 is 0 Å². The van der Waals surface area contributed by atoms with Gasteiger partial charge in [0.05, 0.1) is 0 Å². The lowest BCUT2D eigenvalue weighted by atomic mass is 9.77. The summed E-state index contributed by atoms with van der Waals surface area (Å²) in [6.07, 6.45) is 3.70. The van der Waals surface area contributed by atoms with Crippen molar-refractivity contribution in [1.82, 2.24) is 0 Å². The molecule has 2 unspecified atom stereocenters. The molecular weight excluding hydrogens is 148 g/mol. The molecule has 0 aromatic heterocycles. The predicted molar refractivity (Wildman–Crippen MR) is 50.9 cm³/mol.